The Morgan fingerprint density at radius 2 is 2.00 bits per heavy atom. The first-order valence-electron chi connectivity index (χ1n) is 4.12. The molecule has 0 bridgehead atoms. The average molecular weight is 304 g/mol. The Morgan fingerprint density at radius 1 is 1.36 bits per heavy atom. The monoisotopic (exact) mass is 304 g/mol. The lowest BCUT2D eigenvalue weighted by Crippen LogP contribution is -2.07. The number of carbonyl (C=O) groups is 2. The van der Waals surface area contributed by atoms with Gasteiger partial charge in [0.2, 0.25) is 0 Å². The number of aldehydes is 1. The van der Waals surface area contributed by atoms with Crippen molar-refractivity contribution in [3.63, 3.8) is 0 Å². The summed E-state index contributed by atoms with van der Waals surface area (Å²) in [5.41, 5.74) is 0. The zero-order valence-corrected chi connectivity index (χ0v) is 9.56. The zero-order chi connectivity index (χ0) is 10.4. The molecule has 0 heterocycles. The molecular weight excluding hydrogens is 295 g/mol. The second-order valence-corrected chi connectivity index (χ2v) is 3.88. The van der Waals surface area contributed by atoms with E-state index >= 15 is 0 Å². The molecule has 0 aromatic heterocycles. The summed E-state index contributed by atoms with van der Waals surface area (Å²) in [7, 11) is 0. The molecule has 0 radical (unpaired) electrons. The molecule has 14 heavy (non-hydrogen) atoms. The zero-order valence-electron chi connectivity index (χ0n) is 7.40. The standard InChI is InChI=1S/C10H9IO3/c11-8-3-5-9(6-4-8)14-10(13)2-1-7-12/h3-7H,1-2H2. The lowest BCUT2D eigenvalue weighted by Gasteiger charge is -2.02. The first kappa shape index (κ1) is 11.2. The van der Waals surface area contributed by atoms with Crippen LogP contribution < -0.4 is 4.74 Å². The van der Waals surface area contributed by atoms with Crippen LogP contribution in [0.1, 0.15) is 12.8 Å². The normalized spacial score (nSPS) is 9.50. The Labute approximate surface area is 95.6 Å². The molecular formula is C10H9IO3. The smallest absolute Gasteiger partial charge is 0.311 e. The Kier molecular flexibility index (Phi) is 4.58. The van der Waals surface area contributed by atoms with Gasteiger partial charge in [0.15, 0.2) is 0 Å². The minimum Gasteiger partial charge on any atom is -0.427 e. The SMILES string of the molecule is O=CCCC(=O)Oc1ccc(I)cc1. The molecule has 1 rings (SSSR count). The molecule has 0 spiro atoms. The third-order valence-corrected chi connectivity index (χ3v) is 2.23. The lowest BCUT2D eigenvalue weighted by molar-refractivity contribution is -0.135. The summed E-state index contributed by atoms with van der Waals surface area (Å²) in [6.07, 6.45) is 1.05. The number of ether oxygens (including phenoxy) is 1. The van der Waals surface area contributed by atoms with Crippen LogP contribution in [-0.4, -0.2) is 12.3 Å². The van der Waals surface area contributed by atoms with Gasteiger partial charge in [0.25, 0.3) is 0 Å². The maximum Gasteiger partial charge on any atom is 0.311 e. The van der Waals surface area contributed by atoms with Gasteiger partial charge in [-0.2, -0.15) is 0 Å². The van der Waals surface area contributed by atoms with E-state index < -0.39 is 0 Å². The first-order valence-corrected chi connectivity index (χ1v) is 5.20. The van der Waals surface area contributed by atoms with Gasteiger partial charge < -0.3 is 9.53 Å². The molecule has 0 unspecified atom stereocenters. The van der Waals surface area contributed by atoms with Gasteiger partial charge in [-0.3, -0.25) is 4.79 Å². The molecule has 1 aromatic rings. The van der Waals surface area contributed by atoms with Gasteiger partial charge in [0, 0.05) is 9.99 Å². The number of hydrogen-bond donors (Lipinski definition) is 0. The van der Waals surface area contributed by atoms with Crippen molar-refractivity contribution in [2.45, 2.75) is 12.8 Å². The highest BCUT2D eigenvalue weighted by atomic mass is 127. The van der Waals surface area contributed by atoms with Crippen LogP contribution in [0.4, 0.5) is 0 Å². The maximum atomic E-state index is 11.1. The van der Waals surface area contributed by atoms with Gasteiger partial charge in [0.1, 0.15) is 12.0 Å². The van der Waals surface area contributed by atoms with Crippen molar-refractivity contribution in [3.8, 4) is 5.75 Å². The van der Waals surface area contributed by atoms with Crippen molar-refractivity contribution in [2.24, 2.45) is 0 Å². The van der Waals surface area contributed by atoms with E-state index in [0.717, 1.165) is 3.57 Å². The Balaban J connectivity index is 2.47. The van der Waals surface area contributed by atoms with Crippen LogP contribution in [0.25, 0.3) is 0 Å². The summed E-state index contributed by atoms with van der Waals surface area (Å²) >= 11 is 2.17. The topological polar surface area (TPSA) is 43.4 Å². The Hall–Kier alpha value is -0.910. The fourth-order valence-electron chi connectivity index (χ4n) is 0.862. The fourth-order valence-corrected chi connectivity index (χ4v) is 1.22. The third-order valence-electron chi connectivity index (χ3n) is 1.51. The van der Waals surface area contributed by atoms with Gasteiger partial charge >= 0.3 is 5.97 Å². The highest BCUT2D eigenvalue weighted by Crippen LogP contribution is 2.14. The number of rotatable bonds is 4. The van der Waals surface area contributed by atoms with E-state index in [4.69, 9.17) is 4.74 Å². The van der Waals surface area contributed by atoms with Crippen molar-refractivity contribution < 1.29 is 14.3 Å². The molecule has 3 nitrogen and oxygen atoms in total. The van der Waals surface area contributed by atoms with Gasteiger partial charge in [-0.25, -0.2) is 0 Å². The van der Waals surface area contributed by atoms with Crippen molar-refractivity contribution in [1.29, 1.82) is 0 Å². The summed E-state index contributed by atoms with van der Waals surface area (Å²) < 4.78 is 6.05. The minimum absolute atomic E-state index is 0.134. The second-order valence-electron chi connectivity index (χ2n) is 2.63. The molecule has 0 saturated heterocycles. The molecule has 0 fully saturated rings. The summed E-state index contributed by atoms with van der Waals surface area (Å²) in [6.45, 7) is 0. The van der Waals surface area contributed by atoms with Gasteiger partial charge in [-0.05, 0) is 46.9 Å². The van der Waals surface area contributed by atoms with E-state index in [0.29, 0.717) is 12.0 Å². The molecule has 4 heteroatoms. The molecule has 0 N–H and O–H groups in total. The summed E-state index contributed by atoms with van der Waals surface area (Å²) in [5, 5.41) is 0. The van der Waals surface area contributed by atoms with E-state index in [1.807, 2.05) is 12.1 Å². The van der Waals surface area contributed by atoms with Gasteiger partial charge in [0.05, 0.1) is 6.42 Å². The molecule has 74 valence electrons. The Morgan fingerprint density at radius 3 is 2.57 bits per heavy atom. The molecule has 0 aliphatic carbocycles. The van der Waals surface area contributed by atoms with Gasteiger partial charge in [-0.1, -0.05) is 0 Å². The first-order chi connectivity index (χ1) is 6.72. The average Bonchev–Trinajstić information content (AvgIpc) is 2.18. The van der Waals surface area contributed by atoms with Crippen molar-refractivity contribution >= 4 is 34.8 Å². The predicted octanol–water partition coefficient (Wildman–Crippen LogP) is 2.18. The van der Waals surface area contributed by atoms with Crippen LogP contribution in [0.15, 0.2) is 24.3 Å². The largest absolute Gasteiger partial charge is 0.427 e. The number of carbonyl (C=O) groups excluding carboxylic acids is 2. The highest BCUT2D eigenvalue weighted by molar-refractivity contribution is 14.1. The van der Waals surface area contributed by atoms with E-state index in [1.54, 1.807) is 12.1 Å². The maximum absolute atomic E-state index is 11.1. The summed E-state index contributed by atoms with van der Waals surface area (Å²) in [6, 6.07) is 7.15. The van der Waals surface area contributed by atoms with E-state index in [1.165, 1.54) is 0 Å². The predicted molar refractivity (Wildman–Crippen MR) is 60.1 cm³/mol. The molecule has 0 saturated carbocycles. The summed E-state index contributed by atoms with van der Waals surface area (Å²) in [5.74, 6) is 0.139. The number of esters is 1. The molecule has 0 aliphatic rings. The highest BCUT2D eigenvalue weighted by Gasteiger charge is 2.03. The van der Waals surface area contributed by atoms with Crippen LogP contribution in [0.3, 0.4) is 0 Å². The van der Waals surface area contributed by atoms with Crippen LogP contribution in [0, 0.1) is 3.57 Å². The van der Waals surface area contributed by atoms with Gasteiger partial charge in [-0.15, -0.1) is 0 Å². The third kappa shape index (κ3) is 3.87. The Bertz CT molecular complexity index is 319. The van der Waals surface area contributed by atoms with Crippen LogP contribution in [0.5, 0.6) is 5.75 Å². The van der Waals surface area contributed by atoms with E-state index in [2.05, 4.69) is 22.6 Å². The molecule has 0 amide bonds. The quantitative estimate of drug-likeness (QED) is 0.371. The van der Waals surface area contributed by atoms with Crippen molar-refractivity contribution in [3.05, 3.63) is 27.8 Å². The van der Waals surface area contributed by atoms with E-state index in [9.17, 15) is 9.59 Å². The molecule has 1 aromatic carbocycles. The molecule has 0 aliphatic heterocycles. The number of benzene rings is 1. The van der Waals surface area contributed by atoms with Crippen LogP contribution in [0.2, 0.25) is 0 Å². The number of hydrogen-bond acceptors (Lipinski definition) is 3. The van der Waals surface area contributed by atoms with Crippen molar-refractivity contribution in [2.75, 3.05) is 0 Å². The van der Waals surface area contributed by atoms with E-state index in [-0.39, 0.29) is 18.8 Å². The van der Waals surface area contributed by atoms with Crippen LogP contribution >= 0.6 is 22.6 Å². The minimum atomic E-state index is -0.377. The summed E-state index contributed by atoms with van der Waals surface area (Å²) in [4.78, 5) is 21.1. The second kappa shape index (κ2) is 5.74. The fraction of sp³-hybridized carbons (Fsp3) is 0.200. The number of halogens is 1. The van der Waals surface area contributed by atoms with Crippen LogP contribution in [-0.2, 0) is 9.59 Å². The molecule has 0 atom stereocenters. The lowest BCUT2D eigenvalue weighted by atomic mass is 10.3. The van der Waals surface area contributed by atoms with Crippen molar-refractivity contribution in [1.82, 2.24) is 0 Å².